The number of aromatic amines is 1. The number of allylic oxidation sites excluding steroid dienone is 2. The Hall–Kier alpha value is -4.80. The van der Waals surface area contributed by atoms with Gasteiger partial charge in [0, 0.05) is 61.2 Å². The number of fused-ring (bicyclic) bond motifs is 1. The summed E-state index contributed by atoms with van der Waals surface area (Å²) in [5, 5.41) is 10.2. The molecule has 1 fully saturated rings. The van der Waals surface area contributed by atoms with Gasteiger partial charge in [-0.3, -0.25) is 14.6 Å². The number of piperazine rings is 1. The van der Waals surface area contributed by atoms with Gasteiger partial charge < -0.3 is 24.6 Å². The molecular formula is C33H33F2N5O4. The number of ether oxygens (including phenoxy) is 1. The first-order valence-corrected chi connectivity index (χ1v) is 14.7. The second kappa shape index (κ2) is 12.1. The monoisotopic (exact) mass is 601 g/mol. The molecule has 0 unspecified atom stereocenters. The molecule has 9 nitrogen and oxygen atoms in total. The molecule has 4 aromatic rings. The molecule has 3 aromatic heterocycles. The summed E-state index contributed by atoms with van der Waals surface area (Å²) < 4.78 is 35.3. The molecule has 1 aromatic carbocycles. The molecule has 2 aliphatic rings. The highest BCUT2D eigenvalue weighted by atomic mass is 19.1. The minimum absolute atomic E-state index is 0.198. The van der Waals surface area contributed by atoms with Crippen molar-refractivity contribution in [2.75, 3.05) is 38.2 Å². The first-order chi connectivity index (χ1) is 21.3. The highest BCUT2D eigenvalue weighted by molar-refractivity contribution is 6.05. The standard InChI is InChI=1S/C33H33F2N5O4/c1-3-19-7-8-36-18-26(19)24-15-23(20-5-4-6-21(13-20)33(42)43)29(35)30-25(24)16-27(38-30)32(41)40-11-9-39(10-12-40)31-28(44-2)14-22(34)17-37-31/h5,7-8,14-18,21,38H,3-4,6,9-13H2,1-2H3,(H,42,43)/t21-/m0/s1. The lowest BCUT2D eigenvalue weighted by molar-refractivity contribution is -0.141. The van der Waals surface area contributed by atoms with Gasteiger partial charge in [-0.05, 0) is 60.6 Å². The molecule has 44 heavy (non-hydrogen) atoms. The lowest BCUT2D eigenvalue weighted by Gasteiger charge is -2.35. The van der Waals surface area contributed by atoms with Gasteiger partial charge in [-0.25, -0.2) is 13.8 Å². The fraction of sp³-hybridized carbons (Fsp3) is 0.333. The summed E-state index contributed by atoms with van der Waals surface area (Å²) in [7, 11) is 1.46. The lowest BCUT2D eigenvalue weighted by atomic mass is 9.84. The van der Waals surface area contributed by atoms with Crippen molar-refractivity contribution in [3.8, 4) is 16.9 Å². The Labute approximate surface area is 253 Å². The Kier molecular flexibility index (Phi) is 8.03. The van der Waals surface area contributed by atoms with Crippen molar-refractivity contribution in [3.63, 3.8) is 0 Å². The van der Waals surface area contributed by atoms with Crippen LogP contribution in [0.3, 0.4) is 0 Å². The number of pyridine rings is 2. The summed E-state index contributed by atoms with van der Waals surface area (Å²) in [6.07, 6.45) is 8.53. The maximum absolute atomic E-state index is 16.3. The maximum Gasteiger partial charge on any atom is 0.306 e. The van der Waals surface area contributed by atoms with Crippen molar-refractivity contribution in [1.29, 1.82) is 0 Å². The van der Waals surface area contributed by atoms with Crippen molar-refractivity contribution >= 4 is 34.2 Å². The number of carboxylic acid groups (broad SMARTS) is 1. The van der Waals surface area contributed by atoms with Crippen molar-refractivity contribution in [3.05, 3.63) is 77.4 Å². The number of carbonyl (C=O) groups is 2. The van der Waals surface area contributed by atoms with E-state index in [1.807, 2.05) is 24.0 Å². The van der Waals surface area contributed by atoms with E-state index in [-0.39, 0.29) is 23.5 Å². The van der Waals surface area contributed by atoms with Gasteiger partial charge in [-0.2, -0.15) is 0 Å². The van der Waals surface area contributed by atoms with E-state index >= 15 is 4.39 Å². The Morgan fingerprint density at radius 1 is 1.09 bits per heavy atom. The molecule has 11 heteroatoms. The van der Waals surface area contributed by atoms with Crippen LogP contribution >= 0.6 is 0 Å². The quantitative estimate of drug-likeness (QED) is 0.279. The first-order valence-electron chi connectivity index (χ1n) is 14.7. The number of nitrogens with zero attached hydrogens (tertiary/aromatic N) is 4. The SMILES string of the molecule is CCc1ccncc1-c1cc(C2=CCC[C@H](C(=O)O)C2)c(F)c2[nH]c(C(=O)N3CCN(c4ncc(F)cc4OC)CC3)cc12. The minimum atomic E-state index is -0.889. The molecule has 228 valence electrons. The van der Waals surface area contributed by atoms with E-state index in [0.717, 1.165) is 29.3 Å². The largest absolute Gasteiger partial charge is 0.493 e. The predicted octanol–water partition coefficient (Wildman–Crippen LogP) is 5.70. The maximum atomic E-state index is 16.3. The smallest absolute Gasteiger partial charge is 0.306 e. The Bertz CT molecular complexity index is 1780. The molecular weight excluding hydrogens is 568 g/mol. The third kappa shape index (κ3) is 5.38. The van der Waals surface area contributed by atoms with Crippen LogP contribution in [0.15, 0.2) is 48.9 Å². The minimum Gasteiger partial charge on any atom is -0.493 e. The highest BCUT2D eigenvalue weighted by Gasteiger charge is 2.29. The van der Waals surface area contributed by atoms with E-state index in [9.17, 15) is 19.1 Å². The third-order valence-electron chi connectivity index (χ3n) is 8.62. The van der Waals surface area contributed by atoms with Gasteiger partial charge in [0.1, 0.15) is 11.5 Å². The summed E-state index contributed by atoms with van der Waals surface area (Å²) in [6, 6.07) is 6.67. The first kappa shape index (κ1) is 29.3. The zero-order valence-electron chi connectivity index (χ0n) is 24.6. The van der Waals surface area contributed by atoms with Crippen molar-refractivity contribution in [2.24, 2.45) is 5.92 Å². The average Bonchev–Trinajstić information content (AvgIpc) is 3.51. The van der Waals surface area contributed by atoms with Crippen LogP contribution in [-0.2, 0) is 11.2 Å². The third-order valence-corrected chi connectivity index (χ3v) is 8.62. The second-order valence-electron chi connectivity index (χ2n) is 11.1. The number of benzene rings is 1. The number of halogens is 2. The van der Waals surface area contributed by atoms with E-state index in [1.54, 1.807) is 29.4 Å². The van der Waals surface area contributed by atoms with E-state index in [2.05, 4.69) is 15.0 Å². The molecule has 1 aliphatic heterocycles. The summed E-state index contributed by atoms with van der Waals surface area (Å²) in [6.45, 7) is 3.70. The number of H-pyrrole nitrogens is 1. The highest BCUT2D eigenvalue weighted by Crippen LogP contribution is 2.40. The lowest BCUT2D eigenvalue weighted by Crippen LogP contribution is -2.49. The summed E-state index contributed by atoms with van der Waals surface area (Å²) in [4.78, 5) is 40.7. The van der Waals surface area contributed by atoms with Crippen molar-refractivity contribution < 1.29 is 28.2 Å². The van der Waals surface area contributed by atoms with Crippen LogP contribution in [0.25, 0.3) is 27.6 Å². The van der Waals surface area contributed by atoms with E-state index in [0.29, 0.717) is 67.1 Å². The number of rotatable bonds is 7. The molecule has 4 heterocycles. The van der Waals surface area contributed by atoms with E-state index < -0.39 is 23.5 Å². The van der Waals surface area contributed by atoms with Crippen molar-refractivity contribution in [2.45, 2.75) is 32.6 Å². The summed E-state index contributed by atoms with van der Waals surface area (Å²) in [5.74, 6) is -1.91. The zero-order chi connectivity index (χ0) is 31.0. The fourth-order valence-electron chi connectivity index (χ4n) is 6.24. The molecule has 1 atom stereocenters. The van der Waals surface area contributed by atoms with E-state index in [1.165, 1.54) is 13.2 Å². The van der Waals surface area contributed by atoms with Crippen LogP contribution in [-0.4, -0.2) is 70.1 Å². The van der Waals surface area contributed by atoms with E-state index in [4.69, 9.17) is 4.74 Å². The molecule has 0 spiro atoms. The number of nitrogens with one attached hydrogen (secondary N) is 1. The molecule has 2 N–H and O–H groups in total. The van der Waals surface area contributed by atoms with Crippen LogP contribution in [0.5, 0.6) is 5.75 Å². The van der Waals surface area contributed by atoms with Gasteiger partial charge in [-0.15, -0.1) is 0 Å². The van der Waals surface area contributed by atoms with Crippen LogP contribution < -0.4 is 9.64 Å². The fourth-order valence-corrected chi connectivity index (χ4v) is 6.24. The molecule has 1 amide bonds. The van der Waals surface area contributed by atoms with Crippen molar-refractivity contribution in [1.82, 2.24) is 19.9 Å². The van der Waals surface area contributed by atoms with Gasteiger partial charge in [0.15, 0.2) is 17.4 Å². The number of hydrogen-bond donors (Lipinski definition) is 2. The molecule has 1 saturated heterocycles. The molecule has 6 rings (SSSR count). The number of carboxylic acids is 1. The number of aliphatic carboxylic acids is 1. The van der Waals surface area contributed by atoms with Gasteiger partial charge >= 0.3 is 5.97 Å². The number of methoxy groups -OCH3 is 1. The average molecular weight is 602 g/mol. The van der Waals surface area contributed by atoms with Crippen LogP contribution in [0, 0.1) is 17.6 Å². The zero-order valence-corrected chi connectivity index (χ0v) is 24.6. The Morgan fingerprint density at radius 2 is 1.89 bits per heavy atom. The summed E-state index contributed by atoms with van der Waals surface area (Å²) >= 11 is 0. The summed E-state index contributed by atoms with van der Waals surface area (Å²) in [5.41, 5.74) is 4.02. The number of amides is 1. The van der Waals surface area contributed by atoms with Gasteiger partial charge in [0.2, 0.25) is 0 Å². The predicted molar refractivity (Wildman–Crippen MR) is 163 cm³/mol. The number of carbonyl (C=O) groups excluding carboxylic acids is 1. The van der Waals surface area contributed by atoms with Gasteiger partial charge in [0.05, 0.1) is 24.7 Å². The molecule has 0 radical (unpaired) electrons. The molecule has 0 bridgehead atoms. The number of aryl methyl sites for hydroxylation is 1. The van der Waals surface area contributed by atoms with Crippen LogP contribution in [0.4, 0.5) is 14.6 Å². The van der Waals surface area contributed by atoms with Crippen LogP contribution in [0.1, 0.15) is 47.8 Å². The van der Waals surface area contributed by atoms with Gasteiger partial charge in [0.25, 0.3) is 5.91 Å². The molecule has 0 saturated carbocycles. The Morgan fingerprint density at radius 3 is 2.61 bits per heavy atom. The molecule has 1 aliphatic carbocycles. The van der Waals surface area contributed by atoms with Crippen LogP contribution in [0.2, 0.25) is 0 Å². The number of anilines is 1. The van der Waals surface area contributed by atoms with Gasteiger partial charge in [-0.1, -0.05) is 13.0 Å². The second-order valence-corrected chi connectivity index (χ2v) is 11.1. The number of aromatic nitrogens is 3. The topological polar surface area (TPSA) is 112 Å². The Balaban J connectivity index is 1.36. The normalized spacial score (nSPS) is 17.1. The number of hydrogen-bond acceptors (Lipinski definition) is 6.